The van der Waals surface area contributed by atoms with Crippen LogP contribution in [0.5, 0.6) is 5.75 Å². The van der Waals surface area contributed by atoms with Gasteiger partial charge in [0.05, 0.1) is 17.9 Å². The molecule has 1 heterocycles. The normalized spacial score (nSPS) is 16.6. The number of hydrogen-bond donors (Lipinski definition) is 2. The highest BCUT2D eigenvalue weighted by Gasteiger charge is 2.43. The number of rotatable bonds is 9. The molecule has 1 aliphatic heterocycles. The number of urea groups is 1. The van der Waals surface area contributed by atoms with E-state index >= 15 is 0 Å². The Bertz CT molecular complexity index is 1110. The van der Waals surface area contributed by atoms with E-state index in [2.05, 4.69) is 5.32 Å². The zero-order valence-electron chi connectivity index (χ0n) is 20.0. The molecule has 0 aromatic heterocycles. The summed E-state index contributed by atoms with van der Waals surface area (Å²) in [7, 11) is 0. The number of anilines is 1. The number of imide groups is 1. The fourth-order valence-corrected chi connectivity index (χ4v) is 3.75. The van der Waals surface area contributed by atoms with Crippen molar-refractivity contribution in [2.24, 2.45) is 5.41 Å². The van der Waals surface area contributed by atoms with E-state index < -0.39 is 35.3 Å². The van der Waals surface area contributed by atoms with Gasteiger partial charge in [-0.2, -0.15) is 0 Å². The predicted octanol–water partition coefficient (Wildman–Crippen LogP) is 4.97. The van der Waals surface area contributed by atoms with Gasteiger partial charge in [-0.25, -0.2) is 9.18 Å². The van der Waals surface area contributed by atoms with Crippen LogP contribution in [-0.4, -0.2) is 51.6 Å². The van der Waals surface area contributed by atoms with E-state index in [-0.39, 0.29) is 31.4 Å². The smallest absolute Gasteiger partial charge is 0.328 e. The number of aliphatic carboxylic acids is 1. The Kier molecular flexibility index (Phi) is 7.90. The molecule has 2 N–H and O–H groups in total. The van der Waals surface area contributed by atoms with Gasteiger partial charge in [-0.15, -0.1) is 0 Å². The van der Waals surface area contributed by atoms with Crippen LogP contribution < -0.4 is 10.1 Å². The van der Waals surface area contributed by atoms with Crippen molar-refractivity contribution < 1.29 is 28.6 Å². The number of ether oxygens (including phenoxy) is 1. The van der Waals surface area contributed by atoms with Crippen LogP contribution in [0.15, 0.2) is 42.5 Å². The van der Waals surface area contributed by atoms with Gasteiger partial charge in [0.15, 0.2) is 11.6 Å². The molecule has 1 saturated heterocycles. The molecule has 0 radical (unpaired) electrons. The van der Waals surface area contributed by atoms with Crippen LogP contribution in [0.25, 0.3) is 0 Å². The molecule has 0 spiro atoms. The van der Waals surface area contributed by atoms with Gasteiger partial charge in [-0.1, -0.05) is 23.7 Å². The largest absolute Gasteiger partial charge is 0.488 e. The van der Waals surface area contributed by atoms with Crippen LogP contribution in [0.1, 0.15) is 39.7 Å². The van der Waals surface area contributed by atoms with Gasteiger partial charge in [0.2, 0.25) is 5.91 Å². The van der Waals surface area contributed by atoms with Crippen molar-refractivity contribution in [1.82, 2.24) is 9.80 Å². The quantitative estimate of drug-likeness (QED) is 0.499. The number of carbonyl (C=O) groups excluding carboxylic acids is 2. The zero-order chi connectivity index (χ0) is 25.9. The van der Waals surface area contributed by atoms with Crippen LogP contribution in [-0.2, 0) is 16.1 Å². The van der Waals surface area contributed by atoms with E-state index in [1.54, 1.807) is 44.2 Å². The monoisotopic (exact) mass is 505 g/mol. The Morgan fingerprint density at radius 1 is 1.23 bits per heavy atom. The second kappa shape index (κ2) is 10.5. The number of carboxylic acids is 1. The maximum absolute atomic E-state index is 14.5. The van der Waals surface area contributed by atoms with Crippen molar-refractivity contribution in [3.8, 4) is 5.75 Å². The summed E-state index contributed by atoms with van der Waals surface area (Å²) in [5.74, 6) is -2.12. The molecule has 8 nitrogen and oxygen atoms in total. The minimum absolute atomic E-state index is 0.0986. The number of carboxylic acid groups (broad SMARTS) is 1. The lowest BCUT2D eigenvalue weighted by molar-refractivity contribution is -0.149. The molecule has 35 heavy (non-hydrogen) atoms. The average Bonchev–Trinajstić information content (AvgIpc) is 2.77. The van der Waals surface area contributed by atoms with E-state index in [0.29, 0.717) is 10.7 Å². The molecule has 188 valence electrons. The molecular weight excluding hydrogens is 477 g/mol. The van der Waals surface area contributed by atoms with Gasteiger partial charge in [0.1, 0.15) is 6.17 Å². The van der Waals surface area contributed by atoms with Crippen LogP contribution in [0.3, 0.4) is 0 Å². The Morgan fingerprint density at radius 3 is 2.46 bits per heavy atom. The van der Waals surface area contributed by atoms with Gasteiger partial charge in [-0.3, -0.25) is 19.4 Å². The van der Waals surface area contributed by atoms with Gasteiger partial charge in [0.25, 0.3) is 0 Å². The molecular formula is C25H29ClFN3O5. The molecule has 0 bridgehead atoms. The minimum Gasteiger partial charge on any atom is -0.488 e. The molecule has 0 saturated carbocycles. The lowest BCUT2D eigenvalue weighted by Gasteiger charge is -2.42. The Hall–Kier alpha value is -3.33. The summed E-state index contributed by atoms with van der Waals surface area (Å²) in [6, 6.07) is 10.6. The molecule has 2 aromatic rings. The summed E-state index contributed by atoms with van der Waals surface area (Å²) in [4.78, 5) is 40.4. The first kappa shape index (κ1) is 26.3. The summed E-state index contributed by atoms with van der Waals surface area (Å²) in [5.41, 5.74) is -0.203. The first-order valence-corrected chi connectivity index (χ1v) is 11.6. The van der Waals surface area contributed by atoms with Crippen LogP contribution in [0.4, 0.5) is 14.9 Å². The van der Waals surface area contributed by atoms with Crippen LogP contribution in [0, 0.1) is 11.2 Å². The van der Waals surface area contributed by atoms with E-state index in [4.69, 9.17) is 16.3 Å². The van der Waals surface area contributed by atoms with Crippen molar-refractivity contribution in [1.29, 1.82) is 0 Å². The molecule has 10 heteroatoms. The molecule has 1 atom stereocenters. The lowest BCUT2D eigenvalue weighted by atomic mass is 9.92. The first-order valence-electron chi connectivity index (χ1n) is 11.2. The van der Waals surface area contributed by atoms with E-state index in [0.717, 1.165) is 10.5 Å². The fraction of sp³-hybridized carbons (Fsp3) is 0.400. The van der Waals surface area contributed by atoms with E-state index in [1.165, 1.54) is 30.9 Å². The van der Waals surface area contributed by atoms with Gasteiger partial charge >= 0.3 is 12.0 Å². The molecule has 1 aliphatic rings. The lowest BCUT2D eigenvalue weighted by Crippen LogP contribution is -2.60. The molecule has 3 amide bonds. The van der Waals surface area contributed by atoms with E-state index in [9.17, 15) is 23.9 Å². The number of hydrogen-bond acceptors (Lipinski definition) is 5. The molecule has 1 unspecified atom stereocenters. The molecule has 2 aromatic carbocycles. The highest BCUT2D eigenvalue weighted by atomic mass is 35.5. The summed E-state index contributed by atoms with van der Waals surface area (Å²) in [6.45, 7) is 6.33. The van der Waals surface area contributed by atoms with E-state index in [1.807, 2.05) is 0 Å². The summed E-state index contributed by atoms with van der Waals surface area (Å²) in [6.07, 6.45) is -1.11. The Morgan fingerprint density at radius 2 is 1.89 bits per heavy atom. The number of halogens is 2. The first-order chi connectivity index (χ1) is 16.4. The predicted molar refractivity (Wildman–Crippen MR) is 130 cm³/mol. The fourth-order valence-electron chi connectivity index (χ4n) is 3.63. The highest BCUT2D eigenvalue weighted by Crippen LogP contribution is 2.28. The standard InChI is InChI=1S/C25H29ClFN3O5/c1-15(2)35-20-10-9-18(11-19(20)27)28-21-12-22(31)30(14-25(3,4)23(32)33)24(34)29(21)13-16-5-7-17(26)8-6-16/h5-11,15,21,28H,12-14H2,1-4H3,(H,32,33). The van der Waals surface area contributed by atoms with Crippen molar-refractivity contribution in [3.05, 3.63) is 58.9 Å². The van der Waals surface area contributed by atoms with Crippen molar-refractivity contribution in [3.63, 3.8) is 0 Å². The van der Waals surface area contributed by atoms with Gasteiger partial charge < -0.3 is 15.2 Å². The van der Waals surface area contributed by atoms with Crippen LogP contribution in [0.2, 0.25) is 5.02 Å². The molecule has 1 fully saturated rings. The van der Waals surface area contributed by atoms with Crippen molar-refractivity contribution in [2.45, 2.75) is 52.9 Å². The second-order valence-electron chi connectivity index (χ2n) is 9.38. The SMILES string of the molecule is CC(C)Oc1ccc(NC2CC(=O)N(CC(C)(C)C(=O)O)C(=O)N2Cc2ccc(Cl)cc2)cc1F. The summed E-state index contributed by atoms with van der Waals surface area (Å²) in [5, 5.41) is 13.1. The third-order valence-electron chi connectivity index (χ3n) is 5.55. The minimum atomic E-state index is -1.33. The topological polar surface area (TPSA) is 99.2 Å². The average molecular weight is 506 g/mol. The number of nitrogens with zero attached hydrogens (tertiary/aromatic N) is 2. The zero-order valence-corrected chi connectivity index (χ0v) is 20.8. The van der Waals surface area contributed by atoms with Gasteiger partial charge in [-0.05, 0) is 57.5 Å². The Labute approximate surface area is 208 Å². The van der Waals surface area contributed by atoms with Gasteiger partial charge in [0, 0.05) is 29.9 Å². The number of benzene rings is 2. The highest BCUT2D eigenvalue weighted by molar-refractivity contribution is 6.30. The molecule has 0 aliphatic carbocycles. The Balaban J connectivity index is 1.89. The summed E-state index contributed by atoms with van der Waals surface area (Å²) >= 11 is 5.98. The van der Waals surface area contributed by atoms with Crippen molar-refractivity contribution >= 4 is 35.2 Å². The molecule has 3 rings (SSSR count). The number of carbonyl (C=O) groups is 3. The third kappa shape index (κ3) is 6.42. The van der Waals surface area contributed by atoms with Crippen LogP contribution >= 0.6 is 11.6 Å². The third-order valence-corrected chi connectivity index (χ3v) is 5.80. The van der Waals surface area contributed by atoms with Crippen molar-refractivity contribution in [2.75, 3.05) is 11.9 Å². The summed E-state index contributed by atoms with van der Waals surface area (Å²) < 4.78 is 20.0. The maximum Gasteiger partial charge on any atom is 0.328 e. The maximum atomic E-state index is 14.5. The second-order valence-corrected chi connectivity index (χ2v) is 9.82. The number of amides is 3. The number of nitrogens with one attached hydrogen (secondary N) is 1.